The number of aromatic nitrogens is 1. The molecule has 0 bridgehead atoms. The van der Waals surface area contributed by atoms with Crippen LogP contribution in [0.3, 0.4) is 0 Å². The fourth-order valence-electron chi connectivity index (χ4n) is 3.36. The van der Waals surface area contributed by atoms with Gasteiger partial charge in [-0.15, -0.1) is 0 Å². The van der Waals surface area contributed by atoms with Gasteiger partial charge in [0.25, 0.3) is 0 Å². The summed E-state index contributed by atoms with van der Waals surface area (Å²) in [7, 11) is 3.15. The molecule has 2 aromatic rings. The lowest BCUT2D eigenvalue weighted by molar-refractivity contribution is 0.251. The number of fused-ring (bicyclic) bond motifs is 1. The minimum Gasteiger partial charge on any atom is -0.493 e. The Morgan fingerprint density at radius 1 is 1.17 bits per heavy atom. The largest absolute Gasteiger partial charge is 0.493 e. The molecule has 2 aliphatic rings. The summed E-state index contributed by atoms with van der Waals surface area (Å²) in [6.45, 7) is 0. The highest BCUT2D eigenvalue weighted by atomic mass is 16.5. The predicted molar refractivity (Wildman–Crippen MR) is 108 cm³/mol. The molecule has 0 spiro atoms. The second-order valence-electron chi connectivity index (χ2n) is 6.30. The first-order valence-corrected chi connectivity index (χ1v) is 9.04. The van der Waals surface area contributed by atoms with Crippen molar-refractivity contribution in [1.82, 2.24) is 4.98 Å². The van der Waals surface area contributed by atoms with E-state index in [1.807, 2.05) is 23.1 Å². The molecule has 7 heteroatoms. The van der Waals surface area contributed by atoms with Crippen LogP contribution in [0.25, 0.3) is 10.9 Å². The van der Waals surface area contributed by atoms with Gasteiger partial charge in [0.2, 0.25) is 5.88 Å². The molecule has 1 aromatic carbocycles. The summed E-state index contributed by atoms with van der Waals surface area (Å²) < 4.78 is 22.0. The van der Waals surface area contributed by atoms with Crippen molar-refractivity contribution in [2.24, 2.45) is 0 Å². The van der Waals surface area contributed by atoms with Crippen LogP contribution in [0.2, 0.25) is 0 Å². The van der Waals surface area contributed by atoms with Gasteiger partial charge in [-0.1, -0.05) is 12.2 Å². The van der Waals surface area contributed by atoms with Gasteiger partial charge in [-0.2, -0.15) is 5.26 Å². The molecule has 0 radical (unpaired) electrons. The molecule has 0 amide bonds. The van der Waals surface area contributed by atoms with Crippen LogP contribution in [0.4, 0.5) is 5.69 Å². The maximum absolute atomic E-state index is 9.84. The number of ether oxygens (including phenoxy) is 4. The zero-order valence-electron chi connectivity index (χ0n) is 16.1. The van der Waals surface area contributed by atoms with Crippen molar-refractivity contribution >= 4 is 16.6 Å². The van der Waals surface area contributed by atoms with Crippen molar-refractivity contribution in [3.63, 3.8) is 0 Å². The fourth-order valence-corrected chi connectivity index (χ4v) is 3.36. The standard InChI is InChI=1S/C22H19N3O4/c1-26-19-10-17-18(11-20(19)27-2)24-13-15(12-23)22(17)25(16-6-4-3-5-7-16)21-14-28-8-9-29-21/h3-4,6,8-11,13-14H,5,7H2,1-2H3. The van der Waals surface area contributed by atoms with E-state index in [4.69, 9.17) is 18.9 Å². The monoisotopic (exact) mass is 389 g/mol. The Hall–Kier alpha value is -3.92. The Morgan fingerprint density at radius 2 is 2.00 bits per heavy atom. The lowest BCUT2D eigenvalue weighted by atomic mass is 10.0. The van der Waals surface area contributed by atoms with E-state index in [0.29, 0.717) is 34.1 Å². The van der Waals surface area contributed by atoms with E-state index in [2.05, 4.69) is 17.1 Å². The number of nitriles is 1. The van der Waals surface area contributed by atoms with Crippen LogP contribution in [-0.2, 0) is 9.47 Å². The van der Waals surface area contributed by atoms with Crippen LogP contribution >= 0.6 is 0 Å². The highest BCUT2D eigenvalue weighted by Gasteiger charge is 2.26. The second-order valence-corrected chi connectivity index (χ2v) is 6.30. The Kier molecular flexibility index (Phi) is 5.08. The molecule has 1 aliphatic carbocycles. The lowest BCUT2D eigenvalue weighted by Gasteiger charge is -2.31. The van der Waals surface area contributed by atoms with Gasteiger partial charge in [-0.3, -0.25) is 9.88 Å². The molecule has 0 saturated carbocycles. The molecule has 0 atom stereocenters. The molecule has 1 aromatic heterocycles. The van der Waals surface area contributed by atoms with Crippen LogP contribution in [-0.4, -0.2) is 19.2 Å². The van der Waals surface area contributed by atoms with E-state index in [1.54, 1.807) is 26.5 Å². The average molecular weight is 389 g/mol. The molecule has 2 heterocycles. The Labute approximate surface area is 168 Å². The Balaban J connectivity index is 2.01. The molecule has 29 heavy (non-hydrogen) atoms. The SMILES string of the molecule is COc1cc2ncc(C#N)c(N(C3=CC=CCC3)C3=COC=CO3)c2cc1OC. The molecule has 146 valence electrons. The second kappa shape index (κ2) is 7.98. The number of hydrogen-bond donors (Lipinski definition) is 0. The molecule has 4 rings (SSSR count). The van der Waals surface area contributed by atoms with Gasteiger partial charge < -0.3 is 18.9 Å². The molecule has 0 unspecified atom stereocenters. The normalized spacial score (nSPS) is 14.9. The summed E-state index contributed by atoms with van der Waals surface area (Å²) in [6.07, 6.45) is 13.7. The van der Waals surface area contributed by atoms with Crippen molar-refractivity contribution in [3.05, 3.63) is 72.5 Å². The van der Waals surface area contributed by atoms with Crippen LogP contribution < -0.4 is 14.4 Å². The minimum atomic E-state index is 0.402. The molecular formula is C22H19N3O4. The molecule has 0 N–H and O–H groups in total. The van der Waals surface area contributed by atoms with Gasteiger partial charge in [-0.05, 0) is 25.0 Å². The van der Waals surface area contributed by atoms with Crippen molar-refractivity contribution in [1.29, 1.82) is 5.26 Å². The van der Waals surface area contributed by atoms with Crippen LogP contribution in [0, 0.1) is 11.3 Å². The maximum Gasteiger partial charge on any atom is 0.239 e. The summed E-state index contributed by atoms with van der Waals surface area (Å²) >= 11 is 0. The third-order valence-corrected chi connectivity index (χ3v) is 4.68. The van der Waals surface area contributed by atoms with Crippen molar-refractivity contribution < 1.29 is 18.9 Å². The van der Waals surface area contributed by atoms with Gasteiger partial charge >= 0.3 is 0 Å². The average Bonchev–Trinajstić information content (AvgIpc) is 2.79. The van der Waals surface area contributed by atoms with Crippen molar-refractivity contribution in [2.45, 2.75) is 12.8 Å². The summed E-state index contributed by atoms with van der Waals surface area (Å²) in [6, 6.07) is 5.86. The maximum atomic E-state index is 9.84. The molecule has 1 aliphatic heterocycles. The van der Waals surface area contributed by atoms with Gasteiger partial charge in [0, 0.05) is 23.3 Å². The number of nitrogens with zero attached hydrogens (tertiary/aromatic N) is 3. The summed E-state index contributed by atoms with van der Waals surface area (Å²) in [5, 5.41) is 10.6. The smallest absolute Gasteiger partial charge is 0.239 e. The van der Waals surface area contributed by atoms with E-state index in [0.717, 1.165) is 23.9 Å². The number of rotatable bonds is 5. The number of allylic oxidation sites excluding steroid dienone is 4. The first-order valence-electron chi connectivity index (χ1n) is 9.04. The lowest BCUT2D eigenvalue weighted by Crippen LogP contribution is -2.25. The van der Waals surface area contributed by atoms with Crippen molar-refractivity contribution in [3.8, 4) is 17.6 Å². The van der Waals surface area contributed by atoms with E-state index in [1.165, 1.54) is 18.8 Å². The number of benzene rings is 1. The van der Waals surface area contributed by atoms with E-state index in [-0.39, 0.29) is 0 Å². The zero-order chi connectivity index (χ0) is 20.2. The van der Waals surface area contributed by atoms with Gasteiger partial charge in [-0.25, -0.2) is 0 Å². The molecule has 0 fully saturated rings. The van der Waals surface area contributed by atoms with Crippen molar-refractivity contribution in [2.75, 3.05) is 19.1 Å². The number of hydrogen-bond acceptors (Lipinski definition) is 7. The topological polar surface area (TPSA) is 76.8 Å². The zero-order valence-corrected chi connectivity index (χ0v) is 16.1. The number of pyridine rings is 1. The quantitative estimate of drug-likeness (QED) is 0.746. The first kappa shape index (κ1) is 18.4. The third-order valence-electron chi connectivity index (χ3n) is 4.68. The summed E-state index contributed by atoms with van der Waals surface area (Å²) in [5.41, 5.74) is 2.68. The van der Waals surface area contributed by atoms with E-state index >= 15 is 0 Å². The number of methoxy groups -OCH3 is 2. The number of anilines is 1. The first-order chi connectivity index (χ1) is 14.3. The highest BCUT2D eigenvalue weighted by Crippen LogP contribution is 2.41. The van der Waals surface area contributed by atoms with Gasteiger partial charge in [0.05, 0.1) is 31.0 Å². The fraction of sp³-hybridized carbons (Fsp3) is 0.182. The van der Waals surface area contributed by atoms with Crippen LogP contribution in [0.1, 0.15) is 18.4 Å². The molecular weight excluding hydrogens is 370 g/mol. The third kappa shape index (κ3) is 3.36. The van der Waals surface area contributed by atoms with Crippen LogP contribution in [0.15, 0.2) is 66.9 Å². The van der Waals surface area contributed by atoms with E-state index in [9.17, 15) is 5.26 Å². The van der Waals surface area contributed by atoms with Gasteiger partial charge in [0.15, 0.2) is 17.8 Å². The van der Waals surface area contributed by atoms with Gasteiger partial charge in [0.1, 0.15) is 18.6 Å². The predicted octanol–water partition coefficient (Wildman–Crippen LogP) is 4.48. The van der Waals surface area contributed by atoms with E-state index < -0.39 is 0 Å². The highest BCUT2D eigenvalue weighted by molar-refractivity contribution is 5.98. The molecule has 7 nitrogen and oxygen atoms in total. The Bertz CT molecular complexity index is 1110. The Morgan fingerprint density at radius 3 is 2.66 bits per heavy atom. The molecule has 0 saturated heterocycles. The van der Waals surface area contributed by atoms with Crippen LogP contribution in [0.5, 0.6) is 11.5 Å². The summed E-state index contributed by atoms with van der Waals surface area (Å²) in [5.74, 6) is 1.56. The minimum absolute atomic E-state index is 0.402. The summed E-state index contributed by atoms with van der Waals surface area (Å²) in [4.78, 5) is 6.34.